The number of nitrogens with zero attached hydrogens (tertiary/aromatic N) is 2. The summed E-state index contributed by atoms with van der Waals surface area (Å²) in [4.78, 5) is 49.3. The first-order chi connectivity index (χ1) is 26.2. The minimum Gasteiger partial charge on any atom is -0.465 e. The van der Waals surface area contributed by atoms with Crippen LogP contribution in [0.5, 0.6) is 23.0 Å². The molecule has 0 fully saturated rings. The second-order valence-electron chi connectivity index (χ2n) is 11.0. The second kappa shape index (κ2) is 25.0. The molecule has 5 rings (SSSR count). The van der Waals surface area contributed by atoms with Crippen LogP contribution in [0.15, 0.2) is 57.2 Å². The van der Waals surface area contributed by atoms with Gasteiger partial charge in [0.1, 0.15) is 17.2 Å². The summed E-state index contributed by atoms with van der Waals surface area (Å²) in [5.74, 6) is 1.79. The molecule has 5 aromatic heterocycles. The zero-order chi connectivity index (χ0) is 42.6. The van der Waals surface area contributed by atoms with Crippen molar-refractivity contribution in [3.8, 4) is 23.0 Å². The van der Waals surface area contributed by atoms with Gasteiger partial charge in [-0.1, -0.05) is 0 Å². The number of rotatable bonds is 7. The van der Waals surface area contributed by atoms with Crippen LogP contribution in [-0.2, 0) is 24.6 Å². The maximum atomic E-state index is 11.3. The summed E-state index contributed by atoms with van der Waals surface area (Å²) in [6, 6.07) is 8.73. The molecule has 0 unspecified atom stereocenters. The minimum atomic E-state index is -3.60. The van der Waals surface area contributed by atoms with Gasteiger partial charge in [0.2, 0.25) is 0 Å². The first-order valence-corrected chi connectivity index (χ1v) is 21.7. The first kappa shape index (κ1) is 49.7. The lowest BCUT2D eigenvalue weighted by molar-refractivity contribution is -0.131. The van der Waals surface area contributed by atoms with Gasteiger partial charge in [-0.25, -0.2) is 14.4 Å². The molecule has 14 nitrogen and oxygen atoms in total. The maximum Gasteiger partial charge on any atom is 0.513 e. The lowest BCUT2D eigenvalue weighted by Crippen LogP contribution is -2.27. The van der Waals surface area contributed by atoms with Crippen molar-refractivity contribution in [2.24, 2.45) is 0 Å². The summed E-state index contributed by atoms with van der Waals surface area (Å²) in [5, 5.41) is 9.31. The van der Waals surface area contributed by atoms with Crippen molar-refractivity contribution in [2.45, 2.75) is 41.5 Å². The third-order valence-corrected chi connectivity index (χ3v) is 11.8. The van der Waals surface area contributed by atoms with E-state index in [0.717, 1.165) is 28.7 Å². The number of esters is 2. The molecule has 5 aromatic rings. The van der Waals surface area contributed by atoms with E-state index in [2.05, 4.69) is 9.47 Å². The van der Waals surface area contributed by atoms with E-state index >= 15 is 0 Å². The highest BCUT2D eigenvalue weighted by atomic mass is 32.2. The fraction of sp³-hybridized carbons (Fsp3) is 0.333. The number of carbonyl (C=O) groups excluding carboxylic acids is 4. The summed E-state index contributed by atoms with van der Waals surface area (Å²) in [6.45, 7) is 10.8. The lowest BCUT2D eigenvalue weighted by atomic mass is 10.3. The van der Waals surface area contributed by atoms with Gasteiger partial charge in [-0.3, -0.25) is 4.79 Å². The van der Waals surface area contributed by atoms with Gasteiger partial charge in [0.25, 0.3) is 0 Å². The second-order valence-corrected chi connectivity index (χ2v) is 18.3. The Labute approximate surface area is 348 Å². The Morgan fingerprint density at radius 3 is 1.27 bits per heavy atom. The van der Waals surface area contributed by atoms with E-state index in [1.165, 1.54) is 62.8 Å². The van der Waals surface area contributed by atoms with E-state index in [9.17, 15) is 27.6 Å². The maximum absolute atomic E-state index is 11.3. The molecule has 0 atom stereocenters. The van der Waals surface area contributed by atoms with E-state index < -0.39 is 16.5 Å². The van der Waals surface area contributed by atoms with Gasteiger partial charge in [-0.2, -0.15) is 12.7 Å². The molecule has 0 spiro atoms. The normalized spacial score (nSPS) is 10.0. The molecule has 308 valence electrons. The molecule has 5 heterocycles. The van der Waals surface area contributed by atoms with Crippen LogP contribution >= 0.6 is 56.7 Å². The number of carbonyl (C=O) groups is 4. The van der Waals surface area contributed by atoms with Gasteiger partial charge in [0.15, 0.2) is 5.75 Å². The molecule has 0 radical (unpaired) electrons. The number of aryl methyl sites for hydroxylation is 5. The van der Waals surface area contributed by atoms with Crippen molar-refractivity contribution >= 4 is 91.2 Å². The third-order valence-electron chi connectivity index (χ3n) is 6.33. The van der Waals surface area contributed by atoms with E-state index in [1.807, 2.05) is 56.1 Å². The molecule has 0 saturated heterocycles. The van der Waals surface area contributed by atoms with Crippen LogP contribution < -0.4 is 18.4 Å². The van der Waals surface area contributed by atoms with Crippen molar-refractivity contribution in [2.75, 3.05) is 42.4 Å². The molecule has 0 bridgehead atoms. The summed E-state index contributed by atoms with van der Waals surface area (Å²) in [7, 11) is 5.24. The van der Waals surface area contributed by atoms with E-state index in [0.29, 0.717) is 28.6 Å². The van der Waals surface area contributed by atoms with Crippen LogP contribution in [0.4, 0.5) is 9.59 Å². The summed E-state index contributed by atoms with van der Waals surface area (Å²) < 4.78 is 51.9. The predicted octanol–water partition coefficient (Wildman–Crippen LogP) is 9.39. The van der Waals surface area contributed by atoms with Crippen LogP contribution in [-0.4, -0.2) is 84.2 Å². The SMILES string of the molecule is CC(=O)Oc1ccsc1C.COC(=O)Oc1ccsc1C.COC(=O)c1ccsc1C.Cc1sccc1OC(=O)N(C)C.Cc1sccc1OS(=O)(=O)N(C)C. The molecule has 0 aromatic carbocycles. The topological polar surface area (TPSA) is 164 Å². The van der Waals surface area contributed by atoms with Gasteiger partial charge in [-0.05, 0) is 91.9 Å². The zero-order valence-electron chi connectivity index (χ0n) is 33.0. The fourth-order valence-corrected chi connectivity index (χ4v) is 7.05. The average Bonchev–Trinajstić information content (AvgIpc) is 3.99. The van der Waals surface area contributed by atoms with Crippen LogP contribution in [0, 0.1) is 34.6 Å². The largest absolute Gasteiger partial charge is 0.513 e. The Morgan fingerprint density at radius 2 is 0.946 bits per heavy atom. The minimum absolute atomic E-state index is 0.251. The molecule has 0 N–H and O–H groups in total. The molecule has 20 heteroatoms. The molecular weight excluding hydrogens is 845 g/mol. The van der Waals surface area contributed by atoms with Gasteiger partial charge in [-0.15, -0.1) is 56.7 Å². The van der Waals surface area contributed by atoms with E-state index in [-0.39, 0.29) is 18.0 Å². The smallest absolute Gasteiger partial charge is 0.465 e. The van der Waals surface area contributed by atoms with Crippen molar-refractivity contribution in [3.05, 3.63) is 87.2 Å². The number of thiophene rings is 5. The molecular formula is C36H46N2O12S6. The standard InChI is InChI=1S/C8H11NO2S.C7H11NO3S2.C7H8O3S.2C7H8O2S/c1-6-7(4-5-12-6)11-8(10)9(2)3;1-6-7(4-5-12-6)11-13(9,10)8(2)3;1-5-6(3-4-11-5)10-7(8)9-2;1-5-6(3-4-10-5)7(8)9-2;1-5-7(3-4-10-5)9-6(2)8/h4-5H,1-3H3;4-5H,1-3H3;3-4H,1-2H3;2*3-4H,1-2H3. The summed E-state index contributed by atoms with van der Waals surface area (Å²) in [5.41, 5.74) is 0.674. The molecule has 0 aliphatic carbocycles. The zero-order valence-corrected chi connectivity index (χ0v) is 37.9. The summed E-state index contributed by atoms with van der Waals surface area (Å²) in [6.07, 6.45) is -1.01. The quantitative estimate of drug-likeness (QED) is 0.142. The van der Waals surface area contributed by atoms with Crippen LogP contribution in [0.1, 0.15) is 41.7 Å². The summed E-state index contributed by atoms with van der Waals surface area (Å²) >= 11 is 7.65. The predicted molar refractivity (Wildman–Crippen MR) is 224 cm³/mol. The number of amides is 1. The van der Waals surface area contributed by atoms with Crippen LogP contribution in [0.3, 0.4) is 0 Å². The van der Waals surface area contributed by atoms with Crippen molar-refractivity contribution < 1.29 is 55.5 Å². The van der Waals surface area contributed by atoms with E-state index in [1.54, 1.807) is 83.8 Å². The van der Waals surface area contributed by atoms with Crippen molar-refractivity contribution in [1.29, 1.82) is 0 Å². The van der Waals surface area contributed by atoms with E-state index in [4.69, 9.17) is 18.4 Å². The highest BCUT2D eigenvalue weighted by molar-refractivity contribution is 7.84. The van der Waals surface area contributed by atoms with Crippen molar-refractivity contribution in [1.82, 2.24) is 9.21 Å². The Hall–Kier alpha value is -4.31. The fourth-order valence-electron chi connectivity index (χ4n) is 3.26. The molecule has 0 saturated carbocycles. The monoisotopic (exact) mass is 890 g/mol. The third kappa shape index (κ3) is 18.1. The average molecular weight is 891 g/mol. The molecule has 56 heavy (non-hydrogen) atoms. The Kier molecular flexibility index (Phi) is 22.2. The van der Waals surface area contributed by atoms with Crippen molar-refractivity contribution in [3.63, 3.8) is 0 Å². The van der Waals surface area contributed by atoms with Gasteiger partial charge in [0.05, 0.1) is 19.8 Å². The van der Waals surface area contributed by atoms with Crippen LogP contribution in [0.25, 0.3) is 0 Å². The Bertz CT molecular complexity index is 2070. The molecule has 0 aliphatic heterocycles. The highest BCUT2D eigenvalue weighted by Crippen LogP contribution is 2.26. The number of hydrogen-bond donors (Lipinski definition) is 0. The number of hydrogen-bond acceptors (Lipinski definition) is 17. The van der Waals surface area contributed by atoms with Gasteiger partial charge < -0.3 is 32.8 Å². The number of ether oxygens (including phenoxy) is 5. The molecule has 1 amide bonds. The van der Waals surface area contributed by atoms with Gasteiger partial charge in [0, 0.05) is 59.5 Å². The van der Waals surface area contributed by atoms with Crippen LogP contribution in [0.2, 0.25) is 0 Å². The Balaban J connectivity index is 0.000000351. The molecule has 0 aliphatic rings. The first-order valence-electron chi connectivity index (χ1n) is 16.0. The lowest BCUT2D eigenvalue weighted by Gasteiger charge is -2.11. The Morgan fingerprint density at radius 1 is 0.554 bits per heavy atom. The van der Waals surface area contributed by atoms with Gasteiger partial charge >= 0.3 is 34.5 Å². The number of methoxy groups -OCH3 is 2. The highest BCUT2D eigenvalue weighted by Gasteiger charge is 2.17.